The van der Waals surface area contributed by atoms with Gasteiger partial charge in [0.25, 0.3) is 5.91 Å². The SMILES string of the molecule is CC(C)N1CCC(C(=O)Nc2c(C(=O)Nc3ccc(Cl)cn3)oc3ccc(Cl)cc23)CC1. The van der Waals surface area contributed by atoms with Crippen LogP contribution in [0.25, 0.3) is 11.0 Å². The molecule has 1 aliphatic heterocycles. The van der Waals surface area contributed by atoms with Gasteiger partial charge in [0.1, 0.15) is 17.1 Å². The minimum Gasteiger partial charge on any atom is -0.449 e. The Kier molecular flexibility index (Phi) is 6.69. The molecule has 0 aliphatic carbocycles. The number of furan rings is 1. The predicted octanol–water partition coefficient (Wildman–Crippen LogP) is 5.45. The molecule has 0 unspecified atom stereocenters. The molecule has 1 aromatic carbocycles. The number of amides is 2. The second-order valence-corrected chi connectivity index (χ2v) is 9.03. The fraction of sp³-hybridized carbons (Fsp3) is 0.348. The third-order valence-corrected chi connectivity index (χ3v) is 6.16. The number of nitrogens with zero attached hydrogens (tertiary/aromatic N) is 2. The molecule has 2 aromatic heterocycles. The van der Waals surface area contributed by atoms with Crippen LogP contribution < -0.4 is 10.6 Å². The van der Waals surface area contributed by atoms with Crippen LogP contribution in [0.4, 0.5) is 11.5 Å². The zero-order valence-electron chi connectivity index (χ0n) is 17.8. The molecular weight excluding hydrogens is 451 g/mol. The van der Waals surface area contributed by atoms with Crippen molar-refractivity contribution in [2.45, 2.75) is 32.7 Å². The van der Waals surface area contributed by atoms with E-state index in [0.29, 0.717) is 38.6 Å². The highest BCUT2D eigenvalue weighted by atomic mass is 35.5. The minimum atomic E-state index is -0.530. The number of nitrogens with one attached hydrogen (secondary N) is 2. The van der Waals surface area contributed by atoms with E-state index in [0.717, 1.165) is 25.9 Å². The van der Waals surface area contributed by atoms with E-state index in [1.807, 2.05) is 0 Å². The number of hydrogen-bond donors (Lipinski definition) is 2. The molecular formula is C23H24Cl2N4O3. The van der Waals surface area contributed by atoms with Gasteiger partial charge in [0.2, 0.25) is 11.7 Å². The quantitative estimate of drug-likeness (QED) is 0.513. The van der Waals surface area contributed by atoms with E-state index in [9.17, 15) is 9.59 Å². The first kappa shape index (κ1) is 22.6. The van der Waals surface area contributed by atoms with Crippen LogP contribution in [0.2, 0.25) is 10.0 Å². The van der Waals surface area contributed by atoms with Crippen molar-refractivity contribution in [1.82, 2.24) is 9.88 Å². The molecule has 2 amide bonds. The Morgan fingerprint density at radius 1 is 1.09 bits per heavy atom. The molecule has 0 atom stereocenters. The standard InChI is InChI=1S/C23H24Cl2N4O3/c1-13(2)29-9-7-14(8-10-29)22(30)28-20-17-11-15(24)3-5-18(17)32-21(20)23(31)27-19-6-4-16(25)12-26-19/h3-6,11-14H,7-10H2,1-2H3,(H,28,30)(H,26,27,31). The van der Waals surface area contributed by atoms with Gasteiger partial charge < -0.3 is 20.0 Å². The third-order valence-electron chi connectivity index (χ3n) is 5.70. The lowest BCUT2D eigenvalue weighted by Gasteiger charge is -2.33. The molecule has 7 nitrogen and oxygen atoms in total. The van der Waals surface area contributed by atoms with Crippen LogP contribution in [0.15, 0.2) is 40.9 Å². The van der Waals surface area contributed by atoms with E-state index >= 15 is 0 Å². The lowest BCUT2D eigenvalue weighted by molar-refractivity contribution is -0.121. The maximum atomic E-state index is 13.1. The topological polar surface area (TPSA) is 87.5 Å². The summed E-state index contributed by atoms with van der Waals surface area (Å²) in [7, 11) is 0. The van der Waals surface area contributed by atoms with Gasteiger partial charge in [-0.3, -0.25) is 9.59 Å². The number of piperidine rings is 1. The maximum Gasteiger partial charge on any atom is 0.294 e. The van der Waals surface area contributed by atoms with Crippen molar-refractivity contribution in [3.05, 3.63) is 52.3 Å². The van der Waals surface area contributed by atoms with Crippen molar-refractivity contribution >= 4 is 57.5 Å². The van der Waals surface area contributed by atoms with E-state index in [1.165, 1.54) is 6.20 Å². The molecule has 0 saturated carbocycles. The Labute approximate surface area is 196 Å². The van der Waals surface area contributed by atoms with Gasteiger partial charge in [-0.25, -0.2) is 4.98 Å². The lowest BCUT2D eigenvalue weighted by atomic mass is 9.95. The highest BCUT2D eigenvalue weighted by Crippen LogP contribution is 2.34. The molecule has 4 rings (SSSR count). The number of hydrogen-bond acceptors (Lipinski definition) is 5. The zero-order chi connectivity index (χ0) is 22.8. The summed E-state index contributed by atoms with van der Waals surface area (Å²) in [4.78, 5) is 32.5. The number of benzene rings is 1. The number of anilines is 2. The Morgan fingerprint density at radius 3 is 2.47 bits per heavy atom. The van der Waals surface area contributed by atoms with Crippen LogP contribution in [0.5, 0.6) is 0 Å². The summed E-state index contributed by atoms with van der Waals surface area (Å²) in [6.07, 6.45) is 2.95. The summed E-state index contributed by atoms with van der Waals surface area (Å²) in [5.41, 5.74) is 0.763. The second-order valence-electron chi connectivity index (χ2n) is 8.16. The van der Waals surface area contributed by atoms with E-state index < -0.39 is 5.91 Å². The molecule has 9 heteroatoms. The average Bonchev–Trinajstić information content (AvgIpc) is 3.13. The fourth-order valence-corrected chi connectivity index (χ4v) is 4.16. The summed E-state index contributed by atoms with van der Waals surface area (Å²) in [5, 5.41) is 7.12. The van der Waals surface area contributed by atoms with Crippen molar-refractivity contribution in [3.8, 4) is 0 Å². The molecule has 32 heavy (non-hydrogen) atoms. The van der Waals surface area contributed by atoms with Gasteiger partial charge in [-0.15, -0.1) is 0 Å². The molecule has 0 radical (unpaired) electrons. The van der Waals surface area contributed by atoms with E-state index in [-0.39, 0.29) is 17.6 Å². The van der Waals surface area contributed by atoms with Crippen LogP contribution >= 0.6 is 23.2 Å². The molecule has 2 N–H and O–H groups in total. The van der Waals surface area contributed by atoms with E-state index in [2.05, 4.69) is 34.4 Å². The molecule has 168 valence electrons. The average molecular weight is 475 g/mol. The largest absolute Gasteiger partial charge is 0.449 e. The number of rotatable bonds is 5. The van der Waals surface area contributed by atoms with Crippen LogP contribution in [-0.2, 0) is 4.79 Å². The number of aromatic nitrogens is 1. The van der Waals surface area contributed by atoms with Crippen molar-refractivity contribution in [2.75, 3.05) is 23.7 Å². The normalized spacial score (nSPS) is 15.3. The van der Waals surface area contributed by atoms with Gasteiger partial charge in [0.05, 0.1) is 5.02 Å². The predicted molar refractivity (Wildman–Crippen MR) is 126 cm³/mol. The first-order valence-electron chi connectivity index (χ1n) is 10.5. The number of carbonyl (C=O) groups is 2. The Balaban J connectivity index is 1.59. The van der Waals surface area contributed by atoms with Gasteiger partial charge >= 0.3 is 0 Å². The minimum absolute atomic E-state index is 0.00742. The fourth-order valence-electron chi connectivity index (χ4n) is 3.88. The van der Waals surface area contributed by atoms with E-state index in [1.54, 1.807) is 30.3 Å². The number of pyridine rings is 1. The maximum absolute atomic E-state index is 13.1. The van der Waals surface area contributed by atoms with Crippen LogP contribution in [-0.4, -0.2) is 40.8 Å². The number of fused-ring (bicyclic) bond motifs is 1. The monoisotopic (exact) mass is 474 g/mol. The van der Waals surface area contributed by atoms with Crippen molar-refractivity contribution in [1.29, 1.82) is 0 Å². The van der Waals surface area contributed by atoms with Gasteiger partial charge in [0.15, 0.2) is 0 Å². The van der Waals surface area contributed by atoms with Crippen molar-refractivity contribution in [3.63, 3.8) is 0 Å². The zero-order valence-corrected chi connectivity index (χ0v) is 19.3. The van der Waals surface area contributed by atoms with Gasteiger partial charge in [-0.2, -0.15) is 0 Å². The Bertz CT molecular complexity index is 1140. The lowest BCUT2D eigenvalue weighted by Crippen LogP contribution is -2.41. The van der Waals surface area contributed by atoms with Gasteiger partial charge in [-0.1, -0.05) is 23.2 Å². The Hall–Kier alpha value is -2.61. The summed E-state index contributed by atoms with van der Waals surface area (Å²) in [6, 6.07) is 8.68. The smallest absolute Gasteiger partial charge is 0.294 e. The summed E-state index contributed by atoms with van der Waals surface area (Å²) in [6.45, 7) is 6.04. The number of carbonyl (C=O) groups excluding carboxylic acids is 2. The number of likely N-dealkylation sites (tertiary alicyclic amines) is 1. The van der Waals surface area contributed by atoms with Crippen LogP contribution in [0, 0.1) is 5.92 Å². The van der Waals surface area contributed by atoms with Crippen molar-refractivity contribution in [2.24, 2.45) is 5.92 Å². The van der Waals surface area contributed by atoms with Gasteiger partial charge in [0, 0.05) is 28.6 Å². The molecule has 3 aromatic rings. The van der Waals surface area contributed by atoms with E-state index in [4.69, 9.17) is 27.6 Å². The van der Waals surface area contributed by atoms with Crippen molar-refractivity contribution < 1.29 is 14.0 Å². The second kappa shape index (κ2) is 9.48. The summed E-state index contributed by atoms with van der Waals surface area (Å²) < 4.78 is 5.80. The molecule has 1 saturated heterocycles. The molecule has 3 heterocycles. The summed E-state index contributed by atoms with van der Waals surface area (Å²) in [5.74, 6) is -0.488. The van der Waals surface area contributed by atoms with Crippen LogP contribution in [0.1, 0.15) is 37.2 Å². The van der Waals surface area contributed by atoms with Crippen LogP contribution in [0.3, 0.4) is 0 Å². The third kappa shape index (κ3) is 4.90. The first-order chi connectivity index (χ1) is 15.3. The number of halogens is 2. The molecule has 1 fully saturated rings. The highest BCUT2D eigenvalue weighted by Gasteiger charge is 2.29. The molecule has 0 bridgehead atoms. The highest BCUT2D eigenvalue weighted by molar-refractivity contribution is 6.31. The Morgan fingerprint density at radius 2 is 1.81 bits per heavy atom. The summed E-state index contributed by atoms with van der Waals surface area (Å²) >= 11 is 12.0. The first-order valence-corrected chi connectivity index (χ1v) is 11.3. The molecule has 1 aliphatic rings. The molecule has 0 spiro atoms. The van der Waals surface area contributed by atoms with Gasteiger partial charge in [-0.05, 0) is 70.1 Å².